The lowest BCUT2D eigenvalue weighted by Gasteiger charge is -2.24. The maximum Gasteiger partial charge on any atom is 0.183 e. The quantitative estimate of drug-likeness (QED) is 0.721. The van der Waals surface area contributed by atoms with Crippen molar-refractivity contribution >= 4 is 17.0 Å². The summed E-state index contributed by atoms with van der Waals surface area (Å²) in [7, 11) is 0. The number of nitrogens with zero attached hydrogens (tertiary/aromatic N) is 3. The topological polar surface area (TPSA) is 92.5 Å². The zero-order chi connectivity index (χ0) is 12.8. The van der Waals surface area contributed by atoms with Gasteiger partial charge in [0.1, 0.15) is 17.7 Å². The molecule has 19 heavy (non-hydrogen) atoms. The molecule has 6 heteroatoms. The SMILES string of the molecule is Nc1ncnc2nc(C3CC4CCCCC4N3)[nH]c12. The van der Waals surface area contributed by atoms with Gasteiger partial charge in [-0.2, -0.15) is 0 Å². The molecular formula is C13H18N6. The third-order valence-electron chi connectivity index (χ3n) is 4.53. The molecule has 1 saturated heterocycles. The van der Waals surface area contributed by atoms with Crippen LogP contribution >= 0.6 is 0 Å². The number of imidazole rings is 1. The predicted molar refractivity (Wildman–Crippen MR) is 72.3 cm³/mol. The molecule has 0 aromatic carbocycles. The summed E-state index contributed by atoms with van der Waals surface area (Å²) in [5, 5.41) is 3.71. The van der Waals surface area contributed by atoms with Crippen LogP contribution in [0.3, 0.4) is 0 Å². The van der Waals surface area contributed by atoms with Crippen LogP contribution in [0.5, 0.6) is 0 Å². The van der Waals surface area contributed by atoms with Gasteiger partial charge in [-0.1, -0.05) is 12.8 Å². The Morgan fingerprint density at radius 1 is 1.21 bits per heavy atom. The molecule has 2 fully saturated rings. The van der Waals surface area contributed by atoms with Crippen molar-refractivity contribution in [1.82, 2.24) is 25.3 Å². The van der Waals surface area contributed by atoms with E-state index in [1.54, 1.807) is 0 Å². The summed E-state index contributed by atoms with van der Waals surface area (Å²) in [5.41, 5.74) is 7.27. The van der Waals surface area contributed by atoms with Gasteiger partial charge in [-0.25, -0.2) is 15.0 Å². The first-order valence-electron chi connectivity index (χ1n) is 7.03. The first kappa shape index (κ1) is 11.2. The Morgan fingerprint density at radius 2 is 2.11 bits per heavy atom. The van der Waals surface area contributed by atoms with Gasteiger partial charge in [0.15, 0.2) is 11.5 Å². The van der Waals surface area contributed by atoms with E-state index in [9.17, 15) is 0 Å². The van der Waals surface area contributed by atoms with E-state index in [-0.39, 0.29) is 0 Å². The molecule has 0 bridgehead atoms. The molecule has 2 aromatic heterocycles. The fourth-order valence-corrected chi connectivity index (χ4v) is 3.56. The minimum Gasteiger partial charge on any atom is -0.382 e. The number of hydrogen-bond donors (Lipinski definition) is 3. The first-order valence-corrected chi connectivity index (χ1v) is 7.03. The number of rotatable bonds is 1. The van der Waals surface area contributed by atoms with Crippen molar-refractivity contribution in [3.05, 3.63) is 12.2 Å². The Labute approximate surface area is 111 Å². The molecule has 6 nitrogen and oxygen atoms in total. The number of anilines is 1. The molecule has 1 saturated carbocycles. The van der Waals surface area contributed by atoms with Crippen molar-refractivity contribution in [2.45, 2.75) is 44.2 Å². The van der Waals surface area contributed by atoms with Gasteiger partial charge in [0, 0.05) is 6.04 Å². The highest BCUT2D eigenvalue weighted by molar-refractivity contribution is 5.81. The van der Waals surface area contributed by atoms with E-state index in [4.69, 9.17) is 5.73 Å². The number of H-pyrrole nitrogens is 1. The molecule has 0 spiro atoms. The molecule has 1 aliphatic heterocycles. The minimum absolute atomic E-state index is 0.307. The highest BCUT2D eigenvalue weighted by atomic mass is 15.1. The van der Waals surface area contributed by atoms with Crippen LogP contribution in [0.15, 0.2) is 6.33 Å². The van der Waals surface area contributed by atoms with E-state index in [1.165, 1.54) is 32.0 Å². The van der Waals surface area contributed by atoms with Gasteiger partial charge in [-0.15, -0.1) is 0 Å². The van der Waals surface area contributed by atoms with Crippen molar-refractivity contribution in [3.63, 3.8) is 0 Å². The Hall–Kier alpha value is -1.69. The van der Waals surface area contributed by atoms with Crippen LogP contribution in [0.4, 0.5) is 5.82 Å². The largest absolute Gasteiger partial charge is 0.382 e. The summed E-state index contributed by atoms with van der Waals surface area (Å²) >= 11 is 0. The molecule has 0 amide bonds. The van der Waals surface area contributed by atoms with Crippen molar-refractivity contribution < 1.29 is 0 Å². The molecule has 2 aromatic rings. The number of aromatic amines is 1. The Morgan fingerprint density at radius 3 is 2.95 bits per heavy atom. The monoisotopic (exact) mass is 258 g/mol. The van der Waals surface area contributed by atoms with Gasteiger partial charge < -0.3 is 16.0 Å². The maximum atomic E-state index is 5.84. The van der Waals surface area contributed by atoms with Gasteiger partial charge in [-0.3, -0.25) is 0 Å². The molecule has 4 rings (SSSR count). The zero-order valence-corrected chi connectivity index (χ0v) is 10.8. The van der Waals surface area contributed by atoms with Crippen molar-refractivity contribution in [2.24, 2.45) is 5.92 Å². The van der Waals surface area contributed by atoms with Gasteiger partial charge in [0.05, 0.1) is 6.04 Å². The van der Waals surface area contributed by atoms with Crippen LogP contribution in [0, 0.1) is 5.92 Å². The van der Waals surface area contributed by atoms with Crippen LogP contribution in [0.2, 0.25) is 0 Å². The van der Waals surface area contributed by atoms with Gasteiger partial charge >= 0.3 is 0 Å². The highest BCUT2D eigenvalue weighted by Crippen LogP contribution is 2.38. The Bertz CT molecular complexity index is 592. The van der Waals surface area contributed by atoms with Crippen LogP contribution < -0.4 is 11.1 Å². The molecule has 100 valence electrons. The second-order valence-corrected chi connectivity index (χ2v) is 5.69. The Kier molecular flexibility index (Phi) is 2.44. The van der Waals surface area contributed by atoms with E-state index in [1.807, 2.05) is 0 Å². The number of hydrogen-bond acceptors (Lipinski definition) is 5. The smallest absolute Gasteiger partial charge is 0.183 e. The molecular weight excluding hydrogens is 240 g/mol. The number of aromatic nitrogens is 4. The summed E-state index contributed by atoms with van der Waals surface area (Å²) in [6.45, 7) is 0. The average molecular weight is 258 g/mol. The lowest BCUT2D eigenvalue weighted by atomic mass is 9.85. The van der Waals surface area contributed by atoms with Crippen molar-refractivity contribution in [3.8, 4) is 0 Å². The number of nitrogens with one attached hydrogen (secondary N) is 2. The fraction of sp³-hybridized carbons (Fsp3) is 0.615. The summed E-state index contributed by atoms with van der Waals surface area (Å²) < 4.78 is 0. The molecule has 1 aliphatic carbocycles. The van der Waals surface area contributed by atoms with Crippen molar-refractivity contribution in [1.29, 1.82) is 0 Å². The third-order valence-corrected chi connectivity index (χ3v) is 4.53. The number of nitrogen functional groups attached to an aromatic ring is 1. The summed E-state index contributed by atoms with van der Waals surface area (Å²) in [6, 6.07) is 0.970. The molecule has 4 N–H and O–H groups in total. The Balaban J connectivity index is 1.66. The lowest BCUT2D eigenvalue weighted by molar-refractivity contribution is 0.325. The van der Waals surface area contributed by atoms with Gasteiger partial charge in [-0.05, 0) is 25.2 Å². The van der Waals surface area contributed by atoms with Crippen LogP contribution in [0.1, 0.15) is 44.0 Å². The molecule has 0 radical (unpaired) electrons. The average Bonchev–Trinajstić information content (AvgIpc) is 3.02. The van der Waals surface area contributed by atoms with Gasteiger partial charge in [0.2, 0.25) is 0 Å². The first-order chi connectivity index (χ1) is 9.31. The molecule has 3 unspecified atom stereocenters. The van der Waals surface area contributed by atoms with Crippen molar-refractivity contribution in [2.75, 3.05) is 5.73 Å². The minimum atomic E-state index is 0.307. The molecule has 3 atom stereocenters. The molecule has 3 heterocycles. The normalized spacial score (nSPS) is 30.6. The number of nitrogens with two attached hydrogens (primary N) is 1. The van der Waals surface area contributed by atoms with E-state index in [0.717, 1.165) is 23.7 Å². The van der Waals surface area contributed by atoms with Gasteiger partial charge in [0.25, 0.3) is 0 Å². The summed E-state index contributed by atoms with van der Waals surface area (Å²) in [4.78, 5) is 16.0. The second-order valence-electron chi connectivity index (χ2n) is 5.69. The predicted octanol–water partition coefficient (Wildman–Crippen LogP) is 1.53. The highest BCUT2D eigenvalue weighted by Gasteiger charge is 2.36. The van der Waals surface area contributed by atoms with Crippen LogP contribution in [0.25, 0.3) is 11.2 Å². The molecule has 2 aliphatic rings. The lowest BCUT2D eigenvalue weighted by Crippen LogP contribution is -2.30. The van der Waals surface area contributed by atoms with E-state index >= 15 is 0 Å². The third kappa shape index (κ3) is 1.78. The number of fused-ring (bicyclic) bond motifs is 2. The van der Waals surface area contributed by atoms with E-state index in [2.05, 4.69) is 25.3 Å². The van der Waals surface area contributed by atoms with Crippen LogP contribution in [-0.2, 0) is 0 Å². The summed E-state index contributed by atoms with van der Waals surface area (Å²) in [6.07, 6.45) is 7.98. The van der Waals surface area contributed by atoms with E-state index in [0.29, 0.717) is 23.5 Å². The summed E-state index contributed by atoms with van der Waals surface area (Å²) in [5.74, 6) is 2.23. The zero-order valence-electron chi connectivity index (χ0n) is 10.8. The van der Waals surface area contributed by atoms with E-state index < -0.39 is 0 Å². The second kappa shape index (κ2) is 4.16. The standard InChI is InChI=1S/C13H18N6/c14-11-10-13(16-6-15-11)19-12(18-10)9-5-7-3-1-2-4-8(7)17-9/h6-9,17H,1-5H2,(H3,14,15,16,18,19). The maximum absolute atomic E-state index is 5.84. The van der Waals surface area contributed by atoms with Crippen LogP contribution in [-0.4, -0.2) is 26.0 Å². The fourth-order valence-electron chi connectivity index (χ4n) is 3.56.